The van der Waals surface area contributed by atoms with E-state index >= 15 is 0 Å². The van der Waals surface area contributed by atoms with Crippen molar-refractivity contribution in [3.63, 3.8) is 0 Å². The maximum Gasteiger partial charge on any atom is 0.241 e. The second kappa shape index (κ2) is 5.89. The third-order valence-electron chi connectivity index (χ3n) is 2.38. The molecule has 0 aliphatic rings. The quantitative estimate of drug-likeness (QED) is 0.922. The molecule has 4 heteroatoms. The predicted octanol–water partition coefficient (Wildman–Crippen LogP) is 2.51. The second-order valence-corrected chi connectivity index (χ2v) is 4.71. The van der Waals surface area contributed by atoms with Crippen molar-refractivity contribution >= 4 is 27.5 Å². The standard InChI is InChI=1S/C12H17BrN2O/c1-4-9-7-10(13)5-6-11(9)14-8-12(16)15(2)3/h5-7,14H,4,8H2,1-3H3. The SMILES string of the molecule is CCc1cc(Br)ccc1NCC(=O)N(C)C. The molecule has 0 aromatic heterocycles. The highest BCUT2D eigenvalue weighted by atomic mass is 79.9. The number of carbonyl (C=O) groups excluding carboxylic acids is 1. The molecule has 0 unspecified atom stereocenters. The van der Waals surface area contributed by atoms with Gasteiger partial charge in [-0.25, -0.2) is 0 Å². The maximum atomic E-state index is 11.4. The Hall–Kier alpha value is -1.03. The highest BCUT2D eigenvalue weighted by molar-refractivity contribution is 9.10. The zero-order valence-electron chi connectivity index (χ0n) is 9.88. The minimum absolute atomic E-state index is 0.0740. The molecule has 3 nitrogen and oxygen atoms in total. The Balaban J connectivity index is 2.70. The fourth-order valence-corrected chi connectivity index (χ4v) is 1.76. The molecule has 1 aromatic carbocycles. The zero-order valence-corrected chi connectivity index (χ0v) is 11.5. The van der Waals surface area contributed by atoms with E-state index < -0.39 is 0 Å². The van der Waals surface area contributed by atoms with Gasteiger partial charge in [-0.15, -0.1) is 0 Å². The van der Waals surface area contributed by atoms with Gasteiger partial charge in [0.15, 0.2) is 0 Å². The van der Waals surface area contributed by atoms with Gasteiger partial charge in [-0.2, -0.15) is 0 Å². The maximum absolute atomic E-state index is 11.4. The Kier molecular flexibility index (Phi) is 4.80. The average Bonchev–Trinajstić information content (AvgIpc) is 2.26. The van der Waals surface area contributed by atoms with Crippen molar-refractivity contribution in [2.45, 2.75) is 13.3 Å². The normalized spacial score (nSPS) is 10.0. The number of likely N-dealkylation sites (N-methyl/N-ethyl adjacent to an activating group) is 1. The molecule has 0 aliphatic heterocycles. The Morgan fingerprint density at radius 1 is 1.44 bits per heavy atom. The van der Waals surface area contributed by atoms with Crippen molar-refractivity contribution in [3.8, 4) is 0 Å². The summed E-state index contributed by atoms with van der Waals surface area (Å²) < 4.78 is 1.06. The van der Waals surface area contributed by atoms with Gasteiger partial charge in [0.2, 0.25) is 5.91 Å². The number of aryl methyl sites for hydroxylation is 1. The van der Waals surface area contributed by atoms with Crippen LogP contribution in [0.4, 0.5) is 5.69 Å². The second-order valence-electron chi connectivity index (χ2n) is 3.80. The first kappa shape index (κ1) is 13.0. The number of nitrogens with zero attached hydrogens (tertiary/aromatic N) is 1. The number of rotatable bonds is 4. The smallest absolute Gasteiger partial charge is 0.241 e. The van der Waals surface area contributed by atoms with E-state index in [0.717, 1.165) is 16.6 Å². The summed E-state index contributed by atoms with van der Waals surface area (Å²) in [6, 6.07) is 6.04. The van der Waals surface area contributed by atoms with Crippen molar-refractivity contribution < 1.29 is 4.79 Å². The number of nitrogens with one attached hydrogen (secondary N) is 1. The lowest BCUT2D eigenvalue weighted by Crippen LogP contribution is -2.28. The number of halogens is 1. The molecule has 0 spiro atoms. The minimum Gasteiger partial charge on any atom is -0.376 e. The highest BCUT2D eigenvalue weighted by Crippen LogP contribution is 2.21. The largest absolute Gasteiger partial charge is 0.376 e. The molecule has 1 amide bonds. The fraction of sp³-hybridized carbons (Fsp3) is 0.417. The minimum atomic E-state index is 0.0740. The molecule has 88 valence electrons. The van der Waals surface area contributed by atoms with E-state index in [-0.39, 0.29) is 5.91 Å². The molecule has 0 bridgehead atoms. The Bertz CT molecular complexity index is 377. The summed E-state index contributed by atoms with van der Waals surface area (Å²) in [5, 5.41) is 3.16. The fourth-order valence-electron chi connectivity index (χ4n) is 1.36. The first-order valence-electron chi connectivity index (χ1n) is 5.27. The summed E-state index contributed by atoms with van der Waals surface area (Å²) >= 11 is 3.44. The number of hydrogen-bond donors (Lipinski definition) is 1. The van der Waals surface area contributed by atoms with Crippen molar-refractivity contribution in [1.29, 1.82) is 0 Å². The van der Waals surface area contributed by atoms with Crippen LogP contribution in [0.1, 0.15) is 12.5 Å². The van der Waals surface area contributed by atoms with Crippen molar-refractivity contribution in [2.24, 2.45) is 0 Å². The number of anilines is 1. The van der Waals surface area contributed by atoms with Crippen LogP contribution in [-0.2, 0) is 11.2 Å². The van der Waals surface area contributed by atoms with Gasteiger partial charge in [-0.3, -0.25) is 4.79 Å². The highest BCUT2D eigenvalue weighted by Gasteiger charge is 2.05. The first-order valence-corrected chi connectivity index (χ1v) is 6.06. The van der Waals surface area contributed by atoms with Gasteiger partial charge in [0.25, 0.3) is 0 Å². The van der Waals surface area contributed by atoms with Gasteiger partial charge >= 0.3 is 0 Å². The van der Waals surface area contributed by atoms with Gasteiger partial charge in [-0.05, 0) is 30.2 Å². The van der Waals surface area contributed by atoms with Crippen LogP contribution < -0.4 is 5.32 Å². The molecular weight excluding hydrogens is 268 g/mol. The van der Waals surface area contributed by atoms with E-state index in [9.17, 15) is 4.79 Å². The molecule has 0 heterocycles. The lowest BCUT2D eigenvalue weighted by molar-refractivity contribution is -0.126. The van der Waals surface area contributed by atoms with Gasteiger partial charge in [0.1, 0.15) is 0 Å². The average molecular weight is 285 g/mol. The molecule has 1 aromatic rings. The van der Waals surface area contributed by atoms with Crippen LogP contribution in [0.2, 0.25) is 0 Å². The van der Waals surface area contributed by atoms with Gasteiger partial charge in [0, 0.05) is 24.3 Å². The summed E-state index contributed by atoms with van der Waals surface area (Å²) in [5.74, 6) is 0.0740. The van der Waals surface area contributed by atoms with Gasteiger partial charge in [-0.1, -0.05) is 22.9 Å². The topological polar surface area (TPSA) is 32.3 Å². The number of hydrogen-bond acceptors (Lipinski definition) is 2. The van der Waals surface area contributed by atoms with Crippen LogP contribution in [0, 0.1) is 0 Å². The molecular formula is C12H17BrN2O. The predicted molar refractivity (Wildman–Crippen MR) is 70.7 cm³/mol. The Morgan fingerprint density at radius 3 is 2.69 bits per heavy atom. The van der Waals surface area contributed by atoms with Crippen LogP contribution in [0.25, 0.3) is 0 Å². The van der Waals surface area contributed by atoms with E-state index in [0.29, 0.717) is 6.54 Å². The molecule has 0 atom stereocenters. The zero-order chi connectivity index (χ0) is 12.1. The molecule has 0 aliphatic carbocycles. The van der Waals surface area contributed by atoms with Crippen molar-refractivity contribution in [3.05, 3.63) is 28.2 Å². The molecule has 1 N–H and O–H groups in total. The summed E-state index contributed by atoms with van der Waals surface area (Å²) in [6.45, 7) is 2.43. The molecule has 16 heavy (non-hydrogen) atoms. The monoisotopic (exact) mass is 284 g/mol. The van der Waals surface area contributed by atoms with Gasteiger partial charge < -0.3 is 10.2 Å². The number of amides is 1. The summed E-state index contributed by atoms with van der Waals surface area (Å²) in [6.07, 6.45) is 0.942. The third-order valence-corrected chi connectivity index (χ3v) is 2.87. The first-order chi connectivity index (χ1) is 7.54. The summed E-state index contributed by atoms with van der Waals surface area (Å²) in [5.41, 5.74) is 2.24. The van der Waals surface area contributed by atoms with Gasteiger partial charge in [0.05, 0.1) is 6.54 Å². The summed E-state index contributed by atoms with van der Waals surface area (Å²) in [7, 11) is 3.51. The van der Waals surface area contributed by atoms with Crippen LogP contribution in [-0.4, -0.2) is 31.4 Å². The lowest BCUT2D eigenvalue weighted by atomic mass is 10.1. The molecule has 1 rings (SSSR count). The van der Waals surface area contributed by atoms with Crippen LogP contribution in [0.5, 0.6) is 0 Å². The van der Waals surface area contributed by atoms with Crippen molar-refractivity contribution in [1.82, 2.24) is 4.90 Å². The summed E-state index contributed by atoms with van der Waals surface area (Å²) in [4.78, 5) is 13.0. The van der Waals surface area contributed by atoms with E-state index in [1.165, 1.54) is 5.56 Å². The van der Waals surface area contributed by atoms with Crippen LogP contribution in [0.3, 0.4) is 0 Å². The molecule has 0 saturated carbocycles. The number of benzene rings is 1. The van der Waals surface area contributed by atoms with E-state index in [1.54, 1.807) is 19.0 Å². The molecule has 0 radical (unpaired) electrons. The van der Waals surface area contributed by atoms with E-state index in [4.69, 9.17) is 0 Å². The third kappa shape index (κ3) is 3.52. The lowest BCUT2D eigenvalue weighted by Gasteiger charge is -2.14. The van der Waals surface area contributed by atoms with E-state index in [1.807, 2.05) is 12.1 Å². The molecule has 0 fully saturated rings. The Morgan fingerprint density at radius 2 is 2.12 bits per heavy atom. The number of carbonyl (C=O) groups is 1. The van der Waals surface area contributed by atoms with Crippen molar-refractivity contribution in [2.75, 3.05) is 26.0 Å². The van der Waals surface area contributed by atoms with E-state index in [2.05, 4.69) is 34.2 Å². The molecule has 0 saturated heterocycles. The van der Waals surface area contributed by atoms with Crippen LogP contribution >= 0.6 is 15.9 Å². The van der Waals surface area contributed by atoms with Crippen LogP contribution in [0.15, 0.2) is 22.7 Å². The Labute approximate surface area is 105 Å².